The fourth-order valence-corrected chi connectivity index (χ4v) is 3.92. The van der Waals surface area contributed by atoms with Gasteiger partial charge in [-0.3, -0.25) is 9.59 Å². The van der Waals surface area contributed by atoms with Crippen LogP contribution >= 0.6 is 11.3 Å². The molecule has 1 aromatic heterocycles. The highest BCUT2D eigenvalue weighted by atomic mass is 32.1. The van der Waals surface area contributed by atoms with Crippen LogP contribution in [0.15, 0.2) is 0 Å². The summed E-state index contributed by atoms with van der Waals surface area (Å²) in [7, 11) is 1.64. The average Bonchev–Trinajstić information content (AvgIpc) is 2.60. The van der Waals surface area contributed by atoms with E-state index in [9.17, 15) is 9.59 Å². The molecule has 1 aromatic rings. The maximum atomic E-state index is 12.2. The van der Waals surface area contributed by atoms with Gasteiger partial charge >= 0.3 is 0 Å². The van der Waals surface area contributed by atoms with Crippen LogP contribution in [0.1, 0.15) is 59.8 Å². The first-order chi connectivity index (χ1) is 9.67. The minimum absolute atomic E-state index is 0.00550. The fraction of sp³-hybridized carbons (Fsp3) is 0.600. The van der Waals surface area contributed by atoms with Crippen LogP contribution in [0.2, 0.25) is 0 Å². The van der Waals surface area contributed by atoms with Gasteiger partial charge in [-0.05, 0) is 37.7 Å². The molecule has 0 fully saturated rings. The lowest BCUT2D eigenvalue weighted by Gasteiger charge is -2.07. The van der Waals surface area contributed by atoms with Crippen LogP contribution in [0.3, 0.4) is 0 Å². The molecule has 0 aliphatic heterocycles. The Morgan fingerprint density at radius 1 is 1.20 bits per heavy atom. The second kappa shape index (κ2) is 6.88. The molecule has 1 aliphatic rings. The predicted molar refractivity (Wildman–Crippen MR) is 82.5 cm³/mol. The van der Waals surface area contributed by atoms with E-state index in [0.29, 0.717) is 12.0 Å². The first-order valence-electron chi connectivity index (χ1n) is 7.33. The van der Waals surface area contributed by atoms with E-state index in [1.54, 1.807) is 18.4 Å². The lowest BCUT2D eigenvalue weighted by atomic mass is 10.0. The van der Waals surface area contributed by atoms with Gasteiger partial charge in [0.05, 0.1) is 5.56 Å². The Labute approximate surface area is 124 Å². The number of amides is 2. The SMILES string of the molecule is CCCC(=O)Nc1sc2c(c1C(=O)NC)CCCCC2. The van der Waals surface area contributed by atoms with Crippen molar-refractivity contribution in [2.45, 2.75) is 51.9 Å². The molecule has 0 unspecified atom stereocenters. The number of anilines is 1. The molecule has 0 atom stereocenters. The van der Waals surface area contributed by atoms with Crippen LogP contribution in [-0.4, -0.2) is 18.9 Å². The highest BCUT2D eigenvalue weighted by Gasteiger charge is 2.24. The second-order valence-corrected chi connectivity index (χ2v) is 6.25. The first-order valence-corrected chi connectivity index (χ1v) is 8.15. The van der Waals surface area contributed by atoms with Gasteiger partial charge in [0.25, 0.3) is 5.91 Å². The molecule has 2 N–H and O–H groups in total. The number of thiophene rings is 1. The smallest absolute Gasteiger partial charge is 0.254 e. The maximum absolute atomic E-state index is 12.2. The van der Waals surface area contributed by atoms with Gasteiger partial charge in [-0.2, -0.15) is 0 Å². The first kappa shape index (κ1) is 15.0. The number of fused-ring (bicyclic) bond motifs is 1. The van der Waals surface area contributed by atoms with Gasteiger partial charge in [-0.1, -0.05) is 13.3 Å². The Balaban J connectivity index is 2.35. The van der Waals surface area contributed by atoms with Gasteiger partial charge in [-0.25, -0.2) is 0 Å². The number of nitrogens with one attached hydrogen (secondary N) is 2. The Kier molecular flexibility index (Phi) is 5.17. The normalized spacial score (nSPS) is 14.3. The summed E-state index contributed by atoms with van der Waals surface area (Å²) in [5.74, 6) is -0.0924. The molecule has 110 valence electrons. The second-order valence-electron chi connectivity index (χ2n) is 5.15. The molecule has 0 spiro atoms. The van der Waals surface area contributed by atoms with Crippen molar-refractivity contribution in [2.75, 3.05) is 12.4 Å². The molecule has 0 saturated carbocycles. The average molecular weight is 294 g/mol. The van der Waals surface area contributed by atoms with Gasteiger partial charge in [0, 0.05) is 18.3 Å². The minimum Gasteiger partial charge on any atom is -0.355 e. The number of carbonyl (C=O) groups excluding carboxylic acids is 2. The Morgan fingerprint density at radius 2 is 1.95 bits per heavy atom. The Morgan fingerprint density at radius 3 is 2.65 bits per heavy atom. The molecular formula is C15H22N2O2S. The summed E-state index contributed by atoms with van der Waals surface area (Å²) in [4.78, 5) is 25.3. The number of aryl methyl sites for hydroxylation is 1. The van der Waals surface area contributed by atoms with Crippen molar-refractivity contribution in [3.8, 4) is 0 Å². The largest absolute Gasteiger partial charge is 0.355 e. The number of hydrogen-bond acceptors (Lipinski definition) is 3. The van der Waals surface area contributed by atoms with Crippen LogP contribution in [0.5, 0.6) is 0 Å². The van der Waals surface area contributed by atoms with Gasteiger partial charge in [-0.15, -0.1) is 11.3 Å². The van der Waals surface area contributed by atoms with Gasteiger partial charge < -0.3 is 10.6 Å². The predicted octanol–water partition coefficient (Wildman–Crippen LogP) is 3.12. The van der Waals surface area contributed by atoms with E-state index >= 15 is 0 Å². The highest BCUT2D eigenvalue weighted by molar-refractivity contribution is 7.17. The molecule has 0 aromatic carbocycles. The third-order valence-electron chi connectivity index (χ3n) is 3.61. The lowest BCUT2D eigenvalue weighted by Crippen LogP contribution is -2.21. The molecule has 5 heteroatoms. The summed E-state index contributed by atoms with van der Waals surface area (Å²) in [6.07, 6.45) is 6.78. The van der Waals surface area contributed by atoms with Gasteiger partial charge in [0.15, 0.2) is 0 Å². The molecule has 2 rings (SSSR count). The summed E-state index contributed by atoms with van der Waals surface area (Å²) in [5.41, 5.74) is 1.84. The zero-order valence-corrected chi connectivity index (χ0v) is 13.0. The van der Waals surface area contributed by atoms with Gasteiger partial charge in [0.2, 0.25) is 5.91 Å². The van der Waals surface area contributed by atoms with E-state index < -0.39 is 0 Å². The Bertz CT molecular complexity index is 508. The molecule has 0 saturated heterocycles. The summed E-state index contributed by atoms with van der Waals surface area (Å²) in [5, 5.41) is 6.35. The summed E-state index contributed by atoms with van der Waals surface area (Å²) in [6.45, 7) is 1.98. The monoisotopic (exact) mass is 294 g/mol. The van der Waals surface area contributed by atoms with Gasteiger partial charge in [0.1, 0.15) is 5.00 Å². The van der Waals surface area contributed by atoms with Crippen molar-refractivity contribution in [1.29, 1.82) is 0 Å². The third-order valence-corrected chi connectivity index (χ3v) is 4.81. The quantitative estimate of drug-likeness (QED) is 0.838. The summed E-state index contributed by atoms with van der Waals surface area (Å²) in [6, 6.07) is 0. The standard InChI is InChI=1S/C15H22N2O2S/c1-3-7-12(18)17-15-13(14(19)16-2)10-8-5-4-6-9-11(10)20-15/h3-9H2,1-2H3,(H,16,19)(H,17,18). The van der Waals surface area contributed by atoms with Crippen LogP contribution < -0.4 is 10.6 Å². The summed E-state index contributed by atoms with van der Waals surface area (Å²) >= 11 is 1.58. The van der Waals surface area contributed by atoms with E-state index in [-0.39, 0.29) is 11.8 Å². The molecule has 1 heterocycles. The molecule has 1 aliphatic carbocycles. The van der Waals surface area contributed by atoms with Crippen molar-refractivity contribution in [1.82, 2.24) is 5.32 Å². The minimum atomic E-state index is -0.0869. The Hall–Kier alpha value is -1.36. The fourth-order valence-electron chi connectivity index (χ4n) is 2.61. The molecule has 4 nitrogen and oxygen atoms in total. The van der Waals surface area contributed by atoms with Crippen LogP contribution in [0.25, 0.3) is 0 Å². The number of carbonyl (C=O) groups is 2. The highest BCUT2D eigenvalue weighted by Crippen LogP contribution is 2.37. The van der Waals surface area contributed by atoms with E-state index in [0.717, 1.165) is 36.2 Å². The van der Waals surface area contributed by atoms with Crippen molar-refractivity contribution in [3.05, 3.63) is 16.0 Å². The summed E-state index contributed by atoms with van der Waals surface area (Å²) < 4.78 is 0. The van der Waals surface area contributed by atoms with E-state index in [1.807, 2.05) is 6.92 Å². The van der Waals surface area contributed by atoms with E-state index in [4.69, 9.17) is 0 Å². The molecule has 0 bridgehead atoms. The third kappa shape index (κ3) is 3.20. The van der Waals surface area contributed by atoms with Crippen LogP contribution in [0, 0.1) is 0 Å². The van der Waals surface area contributed by atoms with Crippen molar-refractivity contribution >= 4 is 28.2 Å². The van der Waals surface area contributed by atoms with Crippen molar-refractivity contribution in [2.24, 2.45) is 0 Å². The van der Waals surface area contributed by atoms with E-state index in [1.165, 1.54) is 17.7 Å². The van der Waals surface area contributed by atoms with Crippen molar-refractivity contribution < 1.29 is 9.59 Å². The van der Waals surface area contributed by atoms with Crippen LogP contribution in [-0.2, 0) is 17.6 Å². The number of rotatable bonds is 4. The van der Waals surface area contributed by atoms with Crippen LogP contribution in [0.4, 0.5) is 5.00 Å². The topological polar surface area (TPSA) is 58.2 Å². The zero-order valence-electron chi connectivity index (χ0n) is 12.2. The molecule has 0 radical (unpaired) electrons. The van der Waals surface area contributed by atoms with E-state index in [2.05, 4.69) is 10.6 Å². The molecule has 2 amide bonds. The van der Waals surface area contributed by atoms with Crippen molar-refractivity contribution in [3.63, 3.8) is 0 Å². The maximum Gasteiger partial charge on any atom is 0.254 e. The number of hydrogen-bond donors (Lipinski definition) is 2. The zero-order chi connectivity index (χ0) is 14.5. The lowest BCUT2D eigenvalue weighted by molar-refractivity contribution is -0.116. The molecular weight excluding hydrogens is 272 g/mol. The molecule has 20 heavy (non-hydrogen) atoms.